The number of fused-ring (bicyclic) bond motifs is 2. The van der Waals surface area contributed by atoms with Gasteiger partial charge in [-0.15, -0.1) is 0 Å². The highest BCUT2D eigenvalue weighted by atomic mass is 35.5. The molecule has 0 aliphatic carbocycles. The van der Waals surface area contributed by atoms with Crippen molar-refractivity contribution in [2.45, 2.75) is 56.4 Å². The Morgan fingerprint density at radius 1 is 1.18 bits per heavy atom. The molecule has 14 heteroatoms. The quantitative estimate of drug-likeness (QED) is 0.235. The number of hydrogen-bond donors (Lipinski definition) is 3. The summed E-state index contributed by atoms with van der Waals surface area (Å²) in [6.07, 6.45) is -4.91. The zero-order chi connectivity index (χ0) is 32.1. The first-order chi connectivity index (χ1) is 20.8. The topological polar surface area (TPSA) is 126 Å². The number of benzene rings is 2. The molecule has 0 bridgehead atoms. The molecule has 1 atom stereocenters. The van der Waals surface area contributed by atoms with Crippen LogP contribution < -0.4 is 16.4 Å². The van der Waals surface area contributed by atoms with Crippen molar-refractivity contribution in [1.82, 2.24) is 15.1 Å². The highest BCUT2D eigenvalue weighted by Gasteiger charge is 2.45. The fourth-order valence-corrected chi connectivity index (χ4v) is 5.70. The maximum atomic E-state index is 13.6. The number of hydrogen-bond acceptors (Lipinski definition) is 7. The van der Waals surface area contributed by atoms with Gasteiger partial charge in [-0.2, -0.15) is 13.2 Å². The Balaban J connectivity index is 1.46. The molecule has 2 aliphatic heterocycles. The van der Waals surface area contributed by atoms with E-state index in [4.69, 9.17) is 26.8 Å². The molecule has 1 saturated heterocycles. The molecular formula is C30H37ClF3N5O5. The van der Waals surface area contributed by atoms with Crippen molar-refractivity contribution in [2.75, 3.05) is 51.3 Å². The van der Waals surface area contributed by atoms with Gasteiger partial charge >= 0.3 is 18.4 Å². The number of nitrogens with zero attached hydrogens (tertiary/aromatic N) is 2. The molecule has 4 N–H and O–H groups in total. The van der Waals surface area contributed by atoms with Crippen LogP contribution in [-0.2, 0) is 32.5 Å². The number of rotatable bonds is 10. The summed E-state index contributed by atoms with van der Waals surface area (Å²) in [5, 5.41) is 5.10. The van der Waals surface area contributed by atoms with E-state index >= 15 is 0 Å². The Morgan fingerprint density at radius 3 is 2.57 bits per heavy atom. The summed E-state index contributed by atoms with van der Waals surface area (Å²) < 4.78 is 52.1. The normalized spacial score (nSPS) is 16.6. The lowest BCUT2D eigenvalue weighted by Gasteiger charge is -2.44. The SMILES string of the molecule is CN(C)CCCCCNC(=O)[C@@H](Cc1cc(Cl)c(N)c(C(F)(F)F)c1)OC(=O)N1CCC2(CC1)OC(=O)Nc1ccccc12. The first kappa shape index (κ1) is 33.2. The van der Waals surface area contributed by atoms with Gasteiger partial charge in [0.05, 0.1) is 22.0 Å². The number of alkyl halides is 3. The van der Waals surface area contributed by atoms with Gasteiger partial charge < -0.3 is 30.3 Å². The number of piperidine rings is 1. The van der Waals surface area contributed by atoms with Crippen LogP contribution in [0.3, 0.4) is 0 Å². The molecule has 4 rings (SSSR count). The number of nitrogens with two attached hydrogens (primary N) is 1. The molecule has 0 aromatic heterocycles. The van der Waals surface area contributed by atoms with Crippen molar-refractivity contribution < 1.29 is 37.0 Å². The molecule has 1 spiro atoms. The van der Waals surface area contributed by atoms with E-state index in [0.29, 0.717) is 31.5 Å². The van der Waals surface area contributed by atoms with Crippen LogP contribution in [0.2, 0.25) is 5.02 Å². The molecule has 0 saturated carbocycles. The summed E-state index contributed by atoms with van der Waals surface area (Å²) in [7, 11) is 3.93. The van der Waals surface area contributed by atoms with Crippen LogP contribution in [0.15, 0.2) is 36.4 Å². The smallest absolute Gasteiger partial charge is 0.418 e. The summed E-state index contributed by atoms with van der Waals surface area (Å²) in [5.74, 6) is -0.637. The van der Waals surface area contributed by atoms with Crippen molar-refractivity contribution >= 4 is 41.1 Å². The Kier molecular flexibility index (Phi) is 10.5. The van der Waals surface area contributed by atoms with Gasteiger partial charge in [0.25, 0.3) is 5.91 Å². The lowest BCUT2D eigenvalue weighted by molar-refractivity contribution is -0.137. The molecule has 2 heterocycles. The summed E-state index contributed by atoms with van der Waals surface area (Å²) in [6, 6.07) is 9.31. The van der Waals surface area contributed by atoms with E-state index in [1.54, 1.807) is 12.1 Å². The first-order valence-electron chi connectivity index (χ1n) is 14.4. The lowest BCUT2D eigenvalue weighted by atomic mass is 9.82. The van der Waals surface area contributed by atoms with E-state index in [1.807, 2.05) is 26.2 Å². The van der Waals surface area contributed by atoms with Crippen LogP contribution in [-0.4, -0.2) is 74.3 Å². The molecular weight excluding hydrogens is 603 g/mol. The van der Waals surface area contributed by atoms with Gasteiger partial charge in [-0.05, 0) is 57.2 Å². The number of ether oxygens (including phenoxy) is 2. The van der Waals surface area contributed by atoms with E-state index in [9.17, 15) is 27.6 Å². The predicted molar refractivity (Wildman–Crippen MR) is 159 cm³/mol. The number of anilines is 2. The zero-order valence-corrected chi connectivity index (χ0v) is 25.4. The maximum Gasteiger partial charge on any atom is 0.418 e. The third-order valence-corrected chi connectivity index (χ3v) is 8.12. The number of amides is 3. The van der Waals surface area contributed by atoms with Crippen molar-refractivity contribution in [3.05, 3.63) is 58.1 Å². The standard InChI is InChI=1S/C30H37ClF3N5O5/c1-38(2)13-7-3-6-12-36-26(40)24(18-19-16-21(30(32,33)34)25(35)22(31)17-19)43-28(42)39-14-10-29(11-15-39)20-8-4-5-9-23(20)37-27(41)44-29/h4-5,8-9,16-17,24H,3,6-7,10-15,18,35H2,1-2H3,(H,36,40)(H,37,41)/t24-/m1/s1. The number of halogens is 4. The Hall–Kier alpha value is -3.71. The lowest BCUT2D eigenvalue weighted by Crippen LogP contribution is -2.51. The summed E-state index contributed by atoms with van der Waals surface area (Å²) in [5.41, 5.74) is 4.36. The van der Waals surface area contributed by atoms with Crippen molar-refractivity contribution in [1.29, 1.82) is 0 Å². The molecule has 240 valence electrons. The Morgan fingerprint density at radius 2 is 1.89 bits per heavy atom. The molecule has 44 heavy (non-hydrogen) atoms. The van der Waals surface area contributed by atoms with Crippen LogP contribution in [0.5, 0.6) is 0 Å². The largest absolute Gasteiger partial charge is 0.438 e. The van der Waals surface area contributed by atoms with Crippen LogP contribution in [0.25, 0.3) is 0 Å². The minimum absolute atomic E-state index is 0.0336. The third kappa shape index (κ3) is 8.06. The second kappa shape index (κ2) is 13.9. The second-order valence-corrected chi connectivity index (χ2v) is 11.7. The second-order valence-electron chi connectivity index (χ2n) is 11.3. The number of carbonyl (C=O) groups excluding carboxylic acids is 3. The minimum Gasteiger partial charge on any atom is -0.438 e. The molecule has 10 nitrogen and oxygen atoms in total. The van der Waals surface area contributed by atoms with Gasteiger partial charge in [-0.3, -0.25) is 10.1 Å². The van der Waals surface area contributed by atoms with Gasteiger partial charge in [0.15, 0.2) is 6.10 Å². The van der Waals surface area contributed by atoms with Gasteiger partial charge in [0, 0.05) is 44.5 Å². The van der Waals surface area contributed by atoms with Gasteiger partial charge in [-0.25, -0.2) is 9.59 Å². The Bertz CT molecular complexity index is 1370. The van der Waals surface area contributed by atoms with Crippen molar-refractivity contribution in [2.24, 2.45) is 0 Å². The number of nitrogen functional groups attached to an aromatic ring is 1. The number of unbranched alkanes of at least 4 members (excludes halogenated alkanes) is 2. The third-order valence-electron chi connectivity index (χ3n) is 7.80. The fraction of sp³-hybridized carbons (Fsp3) is 0.500. The first-order valence-corrected chi connectivity index (χ1v) is 14.8. The van der Waals surface area contributed by atoms with E-state index in [1.165, 1.54) is 11.0 Å². The molecule has 0 unspecified atom stereocenters. The average Bonchev–Trinajstić information content (AvgIpc) is 2.95. The summed E-state index contributed by atoms with van der Waals surface area (Å²) in [4.78, 5) is 42.2. The van der Waals surface area contributed by atoms with E-state index in [2.05, 4.69) is 15.5 Å². The highest BCUT2D eigenvalue weighted by molar-refractivity contribution is 6.33. The maximum absolute atomic E-state index is 13.6. The molecule has 2 aromatic carbocycles. The van der Waals surface area contributed by atoms with Crippen LogP contribution >= 0.6 is 11.6 Å². The molecule has 1 fully saturated rings. The summed E-state index contributed by atoms with van der Waals surface area (Å²) in [6.45, 7) is 1.52. The number of carbonyl (C=O) groups is 3. The zero-order valence-electron chi connectivity index (χ0n) is 24.6. The van der Waals surface area contributed by atoms with Crippen LogP contribution in [0, 0.1) is 0 Å². The number of likely N-dealkylation sites (tertiary alicyclic amines) is 1. The number of nitrogens with one attached hydrogen (secondary N) is 2. The minimum atomic E-state index is -4.77. The van der Waals surface area contributed by atoms with Crippen LogP contribution in [0.1, 0.15) is 48.8 Å². The monoisotopic (exact) mass is 639 g/mol. The van der Waals surface area contributed by atoms with Crippen molar-refractivity contribution in [3.63, 3.8) is 0 Å². The van der Waals surface area contributed by atoms with E-state index in [0.717, 1.165) is 31.0 Å². The average molecular weight is 640 g/mol. The number of para-hydroxylation sites is 1. The molecule has 2 aromatic rings. The van der Waals surface area contributed by atoms with Gasteiger partial charge in [0.2, 0.25) is 0 Å². The van der Waals surface area contributed by atoms with E-state index < -0.39 is 47.2 Å². The molecule has 0 radical (unpaired) electrons. The van der Waals surface area contributed by atoms with Crippen LogP contribution in [0.4, 0.5) is 34.1 Å². The fourth-order valence-electron chi connectivity index (χ4n) is 5.46. The predicted octanol–water partition coefficient (Wildman–Crippen LogP) is 5.39. The highest BCUT2D eigenvalue weighted by Crippen LogP contribution is 2.43. The van der Waals surface area contributed by atoms with Gasteiger partial charge in [-0.1, -0.05) is 36.2 Å². The van der Waals surface area contributed by atoms with Gasteiger partial charge in [0.1, 0.15) is 5.60 Å². The Labute approximate surface area is 259 Å². The molecule has 3 amide bonds. The summed E-state index contributed by atoms with van der Waals surface area (Å²) >= 11 is 6.00. The van der Waals surface area contributed by atoms with Crippen molar-refractivity contribution in [3.8, 4) is 0 Å². The molecule has 2 aliphatic rings. The van der Waals surface area contributed by atoms with E-state index in [-0.39, 0.29) is 30.1 Å².